The van der Waals surface area contributed by atoms with Crippen LogP contribution in [0.5, 0.6) is 5.75 Å². The maximum atomic E-state index is 12.7. The molecule has 1 aliphatic heterocycles. The molecule has 0 spiro atoms. The minimum atomic E-state index is -0.0944. The van der Waals surface area contributed by atoms with Gasteiger partial charge in [-0.05, 0) is 54.8 Å². The second kappa shape index (κ2) is 9.01. The minimum Gasteiger partial charge on any atom is -0.497 e. The highest BCUT2D eigenvalue weighted by atomic mass is 16.5. The van der Waals surface area contributed by atoms with Gasteiger partial charge in [-0.2, -0.15) is 5.26 Å². The van der Waals surface area contributed by atoms with E-state index in [1.807, 2.05) is 12.1 Å². The number of benzene rings is 2. The van der Waals surface area contributed by atoms with Crippen molar-refractivity contribution in [3.8, 4) is 11.8 Å². The van der Waals surface area contributed by atoms with E-state index >= 15 is 0 Å². The third-order valence-electron chi connectivity index (χ3n) is 5.04. The molecule has 0 aromatic heterocycles. The third kappa shape index (κ3) is 4.47. The molecule has 1 saturated heterocycles. The van der Waals surface area contributed by atoms with Crippen molar-refractivity contribution in [2.45, 2.75) is 12.8 Å². The number of hydrogen-bond acceptors (Lipinski definition) is 4. The number of ether oxygens (including phenoxy) is 1. The van der Waals surface area contributed by atoms with Crippen LogP contribution in [-0.4, -0.2) is 36.8 Å². The lowest BCUT2D eigenvalue weighted by atomic mass is 9.89. The van der Waals surface area contributed by atoms with Crippen LogP contribution >= 0.6 is 0 Å². The predicted molar refractivity (Wildman–Crippen MR) is 107 cm³/mol. The van der Waals surface area contributed by atoms with E-state index < -0.39 is 0 Å². The molecule has 0 radical (unpaired) electrons. The Kier molecular flexibility index (Phi) is 6.23. The zero-order valence-electron chi connectivity index (χ0n) is 15.8. The molecule has 1 aliphatic rings. The monoisotopic (exact) mass is 374 g/mol. The van der Waals surface area contributed by atoms with Crippen molar-refractivity contribution in [1.29, 1.82) is 5.26 Å². The summed E-state index contributed by atoms with van der Waals surface area (Å²) in [7, 11) is 1.59. The van der Waals surface area contributed by atoms with Gasteiger partial charge >= 0.3 is 0 Å². The number of nitriles is 1. The zero-order chi connectivity index (χ0) is 19.9. The fraction of sp³-hybridized carbons (Fsp3) is 0.261. The van der Waals surface area contributed by atoms with Crippen molar-refractivity contribution >= 4 is 17.8 Å². The molecule has 1 amide bonds. The molecule has 0 saturated carbocycles. The van der Waals surface area contributed by atoms with Crippen LogP contribution in [0.15, 0.2) is 54.6 Å². The van der Waals surface area contributed by atoms with Gasteiger partial charge in [0.1, 0.15) is 5.75 Å². The summed E-state index contributed by atoms with van der Waals surface area (Å²) in [5, 5.41) is 9.12. The molecule has 1 heterocycles. The fourth-order valence-corrected chi connectivity index (χ4v) is 3.36. The van der Waals surface area contributed by atoms with E-state index in [-0.39, 0.29) is 17.6 Å². The maximum Gasteiger partial charge on any atom is 0.246 e. The van der Waals surface area contributed by atoms with Crippen LogP contribution in [0.4, 0.5) is 0 Å². The highest BCUT2D eigenvalue weighted by Gasteiger charge is 2.27. The van der Waals surface area contributed by atoms with Crippen LogP contribution in [0.2, 0.25) is 0 Å². The molecule has 0 unspecified atom stereocenters. The molecule has 5 heteroatoms. The minimum absolute atomic E-state index is 0.0688. The Balaban J connectivity index is 1.57. The Hall–Kier alpha value is -3.39. The smallest absolute Gasteiger partial charge is 0.246 e. The molecular weight excluding hydrogens is 352 g/mol. The number of carbonyl (C=O) groups is 2. The lowest BCUT2D eigenvalue weighted by Crippen LogP contribution is -2.39. The van der Waals surface area contributed by atoms with E-state index in [9.17, 15) is 9.59 Å². The van der Waals surface area contributed by atoms with Crippen molar-refractivity contribution in [2.24, 2.45) is 5.92 Å². The molecule has 2 aromatic rings. The first kappa shape index (κ1) is 19.4. The van der Waals surface area contributed by atoms with E-state index in [1.54, 1.807) is 54.5 Å². The van der Waals surface area contributed by atoms with Crippen molar-refractivity contribution in [2.75, 3.05) is 20.2 Å². The van der Waals surface area contributed by atoms with E-state index in [0.717, 1.165) is 11.3 Å². The summed E-state index contributed by atoms with van der Waals surface area (Å²) in [5.41, 5.74) is 1.94. The summed E-state index contributed by atoms with van der Waals surface area (Å²) < 4.78 is 5.12. The summed E-state index contributed by atoms with van der Waals surface area (Å²) in [6, 6.07) is 16.4. The van der Waals surface area contributed by atoms with Gasteiger partial charge < -0.3 is 9.64 Å². The van der Waals surface area contributed by atoms with E-state index in [4.69, 9.17) is 10.00 Å². The van der Waals surface area contributed by atoms with Gasteiger partial charge in [-0.15, -0.1) is 0 Å². The number of hydrogen-bond donors (Lipinski definition) is 0. The largest absolute Gasteiger partial charge is 0.497 e. The average Bonchev–Trinajstić information content (AvgIpc) is 2.77. The maximum absolute atomic E-state index is 12.7. The number of piperidine rings is 1. The van der Waals surface area contributed by atoms with Gasteiger partial charge in [0, 0.05) is 30.6 Å². The van der Waals surface area contributed by atoms with Crippen LogP contribution in [0, 0.1) is 17.2 Å². The van der Waals surface area contributed by atoms with Crippen molar-refractivity contribution in [3.05, 3.63) is 71.3 Å². The van der Waals surface area contributed by atoms with Gasteiger partial charge in [-0.3, -0.25) is 9.59 Å². The zero-order valence-corrected chi connectivity index (χ0v) is 15.8. The highest BCUT2D eigenvalue weighted by Crippen LogP contribution is 2.23. The normalized spacial score (nSPS) is 14.6. The highest BCUT2D eigenvalue weighted by molar-refractivity contribution is 5.98. The first-order valence-electron chi connectivity index (χ1n) is 9.26. The topological polar surface area (TPSA) is 70.4 Å². The number of nitrogens with zero attached hydrogens (tertiary/aromatic N) is 2. The molecule has 1 fully saturated rings. The van der Waals surface area contributed by atoms with Crippen molar-refractivity contribution in [3.63, 3.8) is 0 Å². The SMILES string of the molecule is COc1ccc(C(=O)C2CCN(C(=O)C=Cc3ccccc3C#N)CC2)cc1. The molecule has 0 atom stereocenters. The van der Waals surface area contributed by atoms with Crippen LogP contribution in [0.1, 0.15) is 34.3 Å². The summed E-state index contributed by atoms with van der Waals surface area (Å²) in [5.74, 6) is 0.679. The Labute approximate surface area is 164 Å². The summed E-state index contributed by atoms with van der Waals surface area (Å²) in [6.45, 7) is 1.10. The second-order valence-corrected chi connectivity index (χ2v) is 6.72. The first-order valence-corrected chi connectivity index (χ1v) is 9.26. The first-order chi connectivity index (χ1) is 13.6. The van der Waals surface area contributed by atoms with Gasteiger partial charge in [0.25, 0.3) is 0 Å². The van der Waals surface area contributed by atoms with Gasteiger partial charge in [-0.1, -0.05) is 18.2 Å². The predicted octanol–water partition coefficient (Wildman–Crippen LogP) is 3.70. The van der Waals surface area contributed by atoms with E-state index in [1.165, 1.54) is 6.08 Å². The standard InChI is InChI=1S/C23H22N2O3/c1-28-21-9-6-18(7-10-21)23(27)19-12-14-25(15-13-19)22(26)11-8-17-4-2-3-5-20(17)16-24/h2-11,19H,12-15H2,1H3. The quantitative estimate of drug-likeness (QED) is 0.591. The van der Waals surface area contributed by atoms with Crippen LogP contribution < -0.4 is 4.74 Å². The van der Waals surface area contributed by atoms with E-state index in [2.05, 4.69) is 6.07 Å². The molecule has 0 N–H and O–H groups in total. The number of carbonyl (C=O) groups excluding carboxylic acids is 2. The third-order valence-corrected chi connectivity index (χ3v) is 5.04. The molecule has 3 rings (SSSR count). The molecule has 5 nitrogen and oxygen atoms in total. The fourth-order valence-electron chi connectivity index (χ4n) is 3.36. The number of ketones is 1. The number of Topliss-reactive ketones (excluding diaryl/α,β-unsaturated/α-hetero) is 1. The molecular formula is C23H22N2O3. The Morgan fingerprint density at radius 3 is 2.43 bits per heavy atom. The van der Waals surface area contributed by atoms with Gasteiger partial charge in [0.2, 0.25) is 5.91 Å². The Morgan fingerprint density at radius 2 is 1.79 bits per heavy atom. The molecule has 142 valence electrons. The number of likely N-dealkylation sites (tertiary alicyclic amines) is 1. The van der Waals surface area contributed by atoms with Crippen LogP contribution in [0.25, 0.3) is 6.08 Å². The average molecular weight is 374 g/mol. The summed E-state index contributed by atoms with van der Waals surface area (Å²) in [6.07, 6.45) is 4.48. The summed E-state index contributed by atoms with van der Waals surface area (Å²) in [4.78, 5) is 26.9. The van der Waals surface area contributed by atoms with Crippen LogP contribution in [-0.2, 0) is 4.79 Å². The van der Waals surface area contributed by atoms with Gasteiger partial charge in [0.05, 0.1) is 18.7 Å². The second-order valence-electron chi connectivity index (χ2n) is 6.72. The molecule has 2 aromatic carbocycles. The number of methoxy groups -OCH3 is 1. The molecule has 0 bridgehead atoms. The molecule has 0 aliphatic carbocycles. The number of rotatable bonds is 5. The van der Waals surface area contributed by atoms with Gasteiger partial charge in [-0.25, -0.2) is 0 Å². The Bertz CT molecular complexity index is 918. The van der Waals surface area contributed by atoms with Crippen molar-refractivity contribution in [1.82, 2.24) is 4.90 Å². The van der Waals surface area contributed by atoms with Crippen molar-refractivity contribution < 1.29 is 14.3 Å². The Morgan fingerprint density at radius 1 is 1.11 bits per heavy atom. The lowest BCUT2D eigenvalue weighted by molar-refractivity contribution is -0.127. The molecule has 28 heavy (non-hydrogen) atoms. The lowest BCUT2D eigenvalue weighted by Gasteiger charge is -2.30. The van der Waals surface area contributed by atoms with E-state index in [0.29, 0.717) is 37.1 Å². The summed E-state index contributed by atoms with van der Waals surface area (Å²) >= 11 is 0. The number of amides is 1. The van der Waals surface area contributed by atoms with Crippen LogP contribution in [0.3, 0.4) is 0 Å². The van der Waals surface area contributed by atoms with Gasteiger partial charge in [0.15, 0.2) is 5.78 Å².